The van der Waals surface area contributed by atoms with Crippen LogP contribution in [0.2, 0.25) is 0 Å². The fraction of sp³-hybridized carbons (Fsp3) is 0.562. The van der Waals surface area contributed by atoms with E-state index < -0.39 is 36.2 Å². The molecule has 0 bridgehead atoms. The summed E-state index contributed by atoms with van der Waals surface area (Å²) in [6, 6.07) is 7.43. The van der Waals surface area contributed by atoms with E-state index in [0.717, 1.165) is 92.3 Å². The first-order chi connectivity index (χ1) is 32.0. The van der Waals surface area contributed by atoms with Crippen LogP contribution in [0.4, 0.5) is 24.7 Å². The molecule has 3 amide bonds. The van der Waals surface area contributed by atoms with Crippen molar-refractivity contribution >= 4 is 45.8 Å². The van der Waals surface area contributed by atoms with Crippen LogP contribution in [0.25, 0.3) is 16.6 Å². The van der Waals surface area contributed by atoms with Gasteiger partial charge < -0.3 is 15.0 Å². The Bertz CT molecular complexity index is 2670. The summed E-state index contributed by atoms with van der Waals surface area (Å²) >= 11 is 0. The Morgan fingerprint density at radius 1 is 0.970 bits per heavy atom. The van der Waals surface area contributed by atoms with E-state index in [1.165, 1.54) is 36.2 Å². The van der Waals surface area contributed by atoms with Gasteiger partial charge in [0, 0.05) is 64.0 Å². The zero-order valence-corrected chi connectivity index (χ0v) is 37.2. The summed E-state index contributed by atoms with van der Waals surface area (Å²) in [6.07, 6.45) is 10.7. The maximum Gasteiger partial charge on any atom is 0.284 e. The van der Waals surface area contributed by atoms with Crippen LogP contribution in [0.15, 0.2) is 42.9 Å². The van der Waals surface area contributed by atoms with Gasteiger partial charge in [-0.3, -0.25) is 34.0 Å². The van der Waals surface area contributed by atoms with Crippen molar-refractivity contribution in [2.75, 3.05) is 49.5 Å². The van der Waals surface area contributed by atoms with Gasteiger partial charge in [-0.05, 0) is 87.7 Å². The molecule has 348 valence electrons. The standard InChI is InChI=1S/C48H56F3N11O4/c1-58-44-32(4-2-6-34(44)42(56-58)35-13-14-41(63)55-47(35)64)5-3-23-66-39-17-19-59(27-37(39)49)26-31-9-11-33(12-10-31)62-28-38(43(57-62)45(50)51)53-48(65)36-25-52-61-22-18-40(54-46(36)61)60-20-15-30(16-21-60)24-29-7-8-29/h2,4,6,18,22,25,28-31,33,35,37,39,45H,7-17,19-21,23-24,26-27H2,1H3,(H,53,65)(H,55,63,64)/t31?,33?,35?,37-,39+/m1/s1. The summed E-state index contributed by atoms with van der Waals surface area (Å²) < 4.78 is 55.0. The maximum absolute atomic E-state index is 15.5. The fourth-order valence-electron chi connectivity index (χ4n) is 10.7. The van der Waals surface area contributed by atoms with E-state index in [1.807, 2.05) is 24.3 Å². The number of para-hydroxylation sites is 1. The van der Waals surface area contributed by atoms with Gasteiger partial charge in [0.05, 0.1) is 46.7 Å². The van der Waals surface area contributed by atoms with Crippen LogP contribution < -0.4 is 15.5 Å². The van der Waals surface area contributed by atoms with Crippen molar-refractivity contribution < 1.29 is 32.3 Å². The van der Waals surface area contributed by atoms with Gasteiger partial charge in [0.1, 0.15) is 24.2 Å². The molecule has 4 aromatic heterocycles. The van der Waals surface area contributed by atoms with Gasteiger partial charge in [-0.2, -0.15) is 15.3 Å². The summed E-state index contributed by atoms with van der Waals surface area (Å²) in [4.78, 5) is 47.1. The normalized spacial score (nSPS) is 24.5. The van der Waals surface area contributed by atoms with Gasteiger partial charge in [-0.1, -0.05) is 36.8 Å². The van der Waals surface area contributed by atoms with E-state index in [-0.39, 0.29) is 48.7 Å². The van der Waals surface area contributed by atoms with Gasteiger partial charge in [-0.25, -0.2) is 22.7 Å². The summed E-state index contributed by atoms with van der Waals surface area (Å²) in [5, 5.41) is 19.1. The van der Waals surface area contributed by atoms with Crippen molar-refractivity contribution in [2.24, 2.45) is 24.8 Å². The van der Waals surface area contributed by atoms with Crippen LogP contribution in [0, 0.1) is 29.6 Å². The minimum absolute atomic E-state index is 0.0261. The average Bonchev–Trinajstić information content (AvgIpc) is 3.69. The number of aryl methyl sites for hydroxylation is 1. The third-order valence-corrected chi connectivity index (χ3v) is 14.4. The smallest absolute Gasteiger partial charge is 0.284 e. The summed E-state index contributed by atoms with van der Waals surface area (Å²) in [5.41, 5.74) is 2.19. The molecule has 7 heterocycles. The Hall–Kier alpha value is -5.80. The first-order valence-corrected chi connectivity index (χ1v) is 23.6. The molecule has 1 unspecified atom stereocenters. The molecule has 1 aromatic carbocycles. The predicted molar refractivity (Wildman–Crippen MR) is 240 cm³/mol. The average molecular weight is 908 g/mol. The number of ether oxygens (including phenoxy) is 1. The summed E-state index contributed by atoms with van der Waals surface area (Å²) in [6.45, 7) is 3.58. The highest BCUT2D eigenvalue weighted by Gasteiger charge is 2.35. The van der Waals surface area contributed by atoms with Gasteiger partial charge in [-0.15, -0.1) is 0 Å². The SMILES string of the molecule is Cn1nc(C2CCC(=O)NC2=O)c2cccc(C#CCO[C@H]3CCN(CC4CCC(n5cc(NC(=O)c6cnn7ccc(N8CCC(CC9CC9)CC8)nc67)c(C(F)F)n5)CC4)C[C@H]3F)c21. The van der Waals surface area contributed by atoms with Crippen LogP contribution in [-0.2, 0) is 21.4 Å². The molecule has 5 fully saturated rings. The second kappa shape index (κ2) is 18.8. The van der Waals surface area contributed by atoms with Gasteiger partial charge >= 0.3 is 0 Å². The van der Waals surface area contributed by atoms with Crippen molar-refractivity contribution in [3.63, 3.8) is 0 Å². The summed E-state index contributed by atoms with van der Waals surface area (Å²) in [7, 11) is 1.80. The van der Waals surface area contributed by atoms with E-state index >= 15 is 4.39 Å². The Morgan fingerprint density at radius 2 is 1.76 bits per heavy atom. The second-order valence-electron chi connectivity index (χ2n) is 19.0. The minimum Gasteiger partial charge on any atom is -0.362 e. The van der Waals surface area contributed by atoms with Crippen molar-refractivity contribution in [3.05, 3.63) is 65.4 Å². The maximum atomic E-state index is 15.5. The van der Waals surface area contributed by atoms with Gasteiger partial charge in [0.25, 0.3) is 12.3 Å². The lowest BCUT2D eigenvalue weighted by Gasteiger charge is -2.38. The number of fused-ring (bicyclic) bond motifs is 2. The Balaban J connectivity index is 0.697. The molecule has 3 saturated heterocycles. The number of anilines is 2. The van der Waals surface area contributed by atoms with Crippen molar-refractivity contribution in [1.82, 2.24) is 44.4 Å². The van der Waals surface area contributed by atoms with Crippen molar-refractivity contribution in [1.29, 1.82) is 0 Å². The number of nitrogens with zero attached hydrogens (tertiary/aromatic N) is 9. The van der Waals surface area contributed by atoms with E-state index in [4.69, 9.17) is 9.72 Å². The molecular weight excluding hydrogens is 852 g/mol. The molecule has 66 heavy (non-hydrogen) atoms. The van der Waals surface area contributed by atoms with Crippen LogP contribution in [0.5, 0.6) is 0 Å². The fourth-order valence-corrected chi connectivity index (χ4v) is 10.7. The molecule has 0 spiro atoms. The number of carbonyl (C=O) groups is 3. The molecule has 5 aliphatic rings. The highest BCUT2D eigenvalue weighted by molar-refractivity contribution is 6.08. The molecule has 3 aliphatic heterocycles. The Kier molecular flexibility index (Phi) is 12.6. The molecule has 15 nitrogen and oxygen atoms in total. The molecule has 2 N–H and O–H groups in total. The molecular formula is C48H56F3N11O4. The molecule has 2 aliphatic carbocycles. The van der Waals surface area contributed by atoms with Crippen molar-refractivity contribution in [3.8, 4) is 11.8 Å². The number of rotatable bonds is 12. The summed E-state index contributed by atoms with van der Waals surface area (Å²) in [5.74, 6) is 7.26. The molecule has 2 saturated carbocycles. The van der Waals surface area contributed by atoms with E-state index in [0.29, 0.717) is 36.6 Å². The number of carbonyl (C=O) groups excluding carboxylic acids is 3. The molecule has 5 aromatic rings. The number of amides is 3. The van der Waals surface area contributed by atoms with Crippen molar-refractivity contribution in [2.45, 2.75) is 108 Å². The Labute approximate surface area is 380 Å². The first kappa shape index (κ1) is 44.1. The lowest BCUT2D eigenvalue weighted by Crippen LogP contribution is -2.47. The molecule has 0 radical (unpaired) electrons. The molecule has 3 atom stereocenters. The quantitative estimate of drug-likeness (QED) is 0.101. The number of alkyl halides is 3. The number of halogens is 3. The largest absolute Gasteiger partial charge is 0.362 e. The number of imide groups is 1. The molecule has 18 heteroatoms. The lowest BCUT2D eigenvalue weighted by molar-refractivity contribution is -0.134. The monoisotopic (exact) mass is 907 g/mol. The van der Waals surface area contributed by atoms with Crippen LogP contribution >= 0.6 is 0 Å². The minimum atomic E-state index is -2.88. The first-order valence-electron chi connectivity index (χ1n) is 23.6. The third-order valence-electron chi connectivity index (χ3n) is 14.4. The van der Waals surface area contributed by atoms with Crippen LogP contribution in [0.3, 0.4) is 0 Å². The van der Waals surface area contributed by atoms with Gasteiger partial charge in [0.2, 0.25) is 11.8 Å². The highest BCUT2D eigenvalue weighted by Crippen LogP contribution is 2.39. The van der Waals surface area contributed by atoms with E-state index in [2.05, 4.69) is 47.6 Å². The number of hydrogen-bond acceptors (Lipinski definition) is 10. The van der Waals surface area contributed by atoms with Crippen LogP contribution in [-0.4, -0.2) is 108 Å². The number of hydrogen-bond donors (Lipinski definition) is 2. The number of benzene rings is 1. The number of aromatic nitrogens is 7. The lowest BCUT2D eigenvalue weighted by atomic mass is 9.85. The number of piperidine rings is 3. The number of likely N-dealkylation sites (tertiary alicyclic amines) is 1. The second-order valence-corrected chi connectivity index (χ2v) is 19.0. The van der Waals surface area contributed by atoms with E-state index in [9.17, 15) is 23.2 Å². The highest BCUT2D eigenvalue weighted by atomic mass is 19.3. The number of nitrogens with one attached hydrogen (secondary N) is 2. The molecule has 10 rings (SSSR count). The zero-order chi connectivity index (χ0) is 45.5. The topological polar surface area (TPSA) is 157 Å². The van der Waals surface area contributed by atoms with Gasteiger partial charge in [0.15, 0.2) is 11.3 Å². The zero-order valence-electron chi connectivity index (χ0n) is 37.2. The van der Waals surface area contributed by atoms with E-state index in [1.54, 1.807) is 22.6 Å². The third kappa shape index (κ3) is 9.42. The van der Waals surface area contributed by atoms with Crippen LogP contribution in [0.1, 0.15) is 123 Å². The Morgan fingerprint density at radius 3 is 2.52 bits per heavy atom. The predicted octanol–water partition coefficient (Wildman–Crippen LogP) is 6.75.